The molecule has 2 aromatic rings. The Morgan fingerprint density at radius 3 is 2.67 bits per heavy atom. The Morgan fingerprint density at radius 2 is 1.96 bits per heavy atom. The third kappa shape index (κ3) is 3.63. The smallest absolute Gasteiger partial charge is 0.322 e. The first-order valence-corrected chi connectivity index (χ1v) is 7.93. The molecule has 0 aromatic heterocycles. The van der Waals surface area contributed by atoms with Gasteiger partial charge in [-0.05, 0) is 24.1 Å². The van der Waals surface area contributed by atoms with E-state index < -0.39 is 0 Å². The molecule has 3 rings (SSSR count). The van der Waals surface area contributed by atoms with Gasteiger partial charge in [-0.2, -0.15) is 0 Å². The highest BCUT2D eigenvalue weighted by Crippen LogP contribution is 2.20. The summed E-state index contributed by atoms with van der Waals surface area (Å²) in [6.45, 7) is 3.53. The Balaban J connectivity index is 1.48. The molecule has 0 radical (unpaired) electrons. The van der Waals surface area contributed by atoms with Crippen LogP contribution in [0, 0.1) is 6.92 Å². The Morgan fingerprint density at radius 1 is 1.21 bits per heavy atom. The molecule has 1 heterocycles. The standard InChI is InChI=1S/C19H20N2O3/c1-14-16(12-22)8-5-9-18(14)20-19(23)21-10-17(11-21)24-13-15-6-3-2-4-7-15/h2-9,12,17H,10-11,13H2,1H3,(H,20,23). The van der Waals surface area contributed by atoms with Crippen LogP contribution in [0.3, 0.4) is 0 Å². The van der Waals surface area contributed by atoms with Crippen LogP contribution in [0.25, 0.3) is 0 Å². The highest BCUT2D eigenvalue weighted by Gasteiger charge is 2.31. The van der Waals surface area contributed by atoms with Crippen LogP contribution in [-0.2, 0) is 11.3 Å². The molecule has 2 aromatic carbocycles. The molecular formula is C19H20N2O3. The minimum absolute atomic E-state index is 0.0679. The molecule has 0 unspecified atom stereocenters. The predicted octanol–water partition coefficient (Wildman–Crippen LogP) is 3.24. The molecule has 24 heavy (non-hydrogen) atoms. The monoisotopic (exact) mass is 324 g/mol. The van der Waals surface area contributed by atoms with Gasteiger partial charge in [-0.15, -0.1) is 0 Å². The van der Waals surface area contributed by atoms with Crippen LogP contribution in [0.1, 0.15) is 21.5 Å². The topological polar surface area (TPSA) is 58.6 Å². The van der Waals surface area contributed by atoms with Gasteiger partial charge in [-0.1, -0.05) is 42.5 Å². The van der Waals surface area contributed by atoms with Crippen molar-refractivity contribution in [2.45, 2.75) is 19.6 Å². The molecule has 0 bridgehead atoms. The molecule has 1 aliphatic heterocycles. The second kappa shape index (κ2) is 7.27. The number of anilines is 1. The van der Waals surface area contributed by atoms with E-state index in [4.69, 9.17) is 4.74 Å². The van der Waals surface area contributed by atoms with Crippen molar-refractivity contribution in [1.82, 2.24) is 4.90 Å². The van der Waals surface area contributed by atoms with Crippen molar-refractivity contribution in [2.24, 2.45) is 0 Å². The van der Waals surface area contributed by atoms with E-state index in [1.165, 1.54) is 0 Å². The first-order valence-electron chi connectivity index (χ1n) is 7.93. The third-order valence-electron chi connectivity index (χ3n) is 4.21. The number of aldehydes is 1. The maximum atomic E-state index is 12.2. The van der Waals surface area contributed by atoms with E-state index in [1.54, 1.807) is 23.1 Å². The van der Waals surface area contributed by atoms with Crippen LogP contribution in [0.5, 0.6) is 0 Å². The number of nitrogens with one attached hydrogen (secondary N) is 1. The van der Waals surface area contributed by atoms with Crippen LogP contribution in [0.2, 0.25) is 0 Å². The molecule has 1 N–H and O–H groups in total. The number of carbonyl (C=O) groups excluding carboxylic acids is 2. The van der Waals surface area contributed by atoms with E-state index in [0.717, 1.165) is 17.4 Å². The Bertz CT molecular complexity index is 725. The van der Waals surface area contributed by atoms with Gasteiger partial charge in [-0.3, -0.25) is 4.79 Å². The zero-order chi connectivity index (χ0) is 16.9. The van der Waals surface area contributed by atoms with Gasteiger partial charge in [0.05, 0.1) is 25.8 Å². The number of benzene rings is 2. The van der Waals surface area contributed by atoms with Crippen molar-refractivity contribution in [1.29, 1.82) is 0 Å². The van der Waals surface area contributed by atoms with Crippen LogP contribution in [0.15, 0.2) is 48.5 Å². The summed E-state index contributed by atoms with van der Waals surface area (Å²) in [5.41, 5.74) is 3.15. The van der Waals surface area contributed by atoms with Crippen molar-refractivity contribution in [3.05, 3.63) is 65.2 Å². The molecule has 0 spiro atoms. The molecule has 0 aliphatic carbocycles. The lowest BCUT2D eigenvalue weighted by Crippen LogP contribution is -2.56. The summed E-state index contributed by atoms with van der Waals surface area (Å²) in [5, 5.41) is 2.85. The van der Waals surface area contributed by atoms with Crippen LogP contribution in [-0.4, -0.2) is 36.4 Å². The van der Waals surface area contributed by atoms with E-state index in [2.05, 4.69) is 5.32 Å². The van der Waals surface area contributed by atoms with Gasteiger partial charge in [-0.25, -0.2) is 4.79 Å². The van der Waals surface area contributed by atoms with Crippen molar-refractivity contribution >= 4 is 18.0 Å². The molecular weight excluding hydrogens is 304 g/mol. The molecule has 0 atom stereocenters. The summed E-state index contributed by atoms with van der Waals surface area (Å²) in [7, 11) is 0. The molecule has 5 nitrogen and oxygen atoms in total. The quantitative estimate of drug-likeness (QED) is 0.859. The zero-order valence-electron chi connectivity index (χ0n) is 13.6. The lowest BCUT2D eigenvalue weighted by Gasteiger charge is -2.38. The molecule has 124 valence electrons. The average molecular weight is 324 g/mol. The van der Waals surface area contributed by atoms with E-state index in [-0.39, 0.29) is 12.1 Å². The second-order valence-electron chi connectivity index (χ2n) is 5.89. The molecule has 1 aliphatic rings. The van der Waals surface area contributed by atoms with Crippen molar-refractivity contribution < 1.29 is 14.3 Å². The number of carbonyl (C=O) groups is 2. The first kappa shape index (κ1) is 16.2. The highest BCUT2D eigenvalue weighted by molar-refractivity contribution is 5.92. The fourth-order valence-corrected chi connectivity index (χ4v) is 2.61. The number of nitrogens with zero attached hydrogens (tertiary/aromatic N) is 1. The van der Waals surface area contributed by atoms with Gasteiger partial charge in [0.2, 0.25) is 0 Å². The molecule has 1 fully saturated rings. The Kier molecular flexibility index (Phi) is 4.91. The van der Waals surface area contributed by atoms with Gasteiger partial charge in [0.1, 0.15) is 6.29 Å². The number of hydrogen-bond donors (Lipinski definition) is 1. The van der Waals surface area contributed by atoms with Gasteiger partial charge in [0.25, 0.3) is 0 Å². The summed E-state index contributed by atoms with van der Waals surface area (Å²) in [5.74, 6) is 0. The lowest BCUT2D eigenvalue weighted by atomic mass is 10.1. The van der Waals surface area contributed by atoms with E-state index in [0.29, 0.717) is 30.9 Å². The zero-order valence-corrected chi connectivity index (χ0v) is 13.6. The van der Waals surface area contributed by atoms with E-state index in [9.17, 15) is 9.59 Å². The minimum Gasteiger partial charge on any atom is -0.370 e. The van der Waals surface area contributed by atoms with Gasteiger partial charge >= 0.3 is 6.03 Å². The summed E-state index contributed by atoms with van der Waals surface area (Å²) in [6.07, 6.45) is 0.862. The molecule has 5 heteroatoms. The molecule has 0 saturated carbocycles. The number of hydrogen-bond acceptors (Lipinski definition) is 3. The summed E-state index contributed by atoms with van der Waals surface area (Å²) in [4.78, 5) is 24.9. The second-order valence-corrected chi connectivity index (χ2v) is 5.89. The number of rotatable bonds is 5. The van der Waals surface area contributed by atoms with Crippen molar-refractivity contribution in [3.63, 3.8) is 0 Å². The largest absolute Gasteiger partial charge is 0.370 e. The predicted molar refractivity (Wildman–Crippen MR) is 92.2 cm³/mol. The SMILES string of the molecule is Cc1c(C=O)cccc1NC(=O)N1CC(OCc2ccccc2)C1. The van der Waals surface area contributed by atoms with E-state index >= 15 is 0 Å². The number of likely N-dealkylation sites (tertiary alicyclic amines) is 1. The van der Waals surface area contributed by atoms with Crippen LogP contribution in [0.4, 0.5) is 10.5 Å². The molecule has 2 amide bonds. The maximum absolute atomic E-state index is 12.2. The third-order valence-corrected chi connectivity index (χ3v) is 4.21. The Hall–Kier alpha value is -2.66. The fraction of sp³-hybridized carbons (Fsp3) is 0.263. The van der Waals surface area contributed by atoms with Gasteiger partial charge in [0, 0.05) is 11.3 Å². The van der Waals surface area contributed by atoms with Crippen LogP contribution < -0.4 is 5.32 Å². The van der Waals surface area contributed by atoms with Gasteiger partial charge in [0.15, 0.2) is 0 Å². The first-order chi connectivity index (χ1) is 11.7. The number of ether oxygens (including phenoxy) is 1. The highest BCUT2D eigenvalue weighted by atomic mass is 16.5. The normalized spacial score (nSPS) is 14.1. The maximum Gasteiger partial charge on any atom is 0.322 e. The summed E-state index contributed by atoms with van der Waals surface area (Å²) < 4.78 is 5.79. The van der Waals surface area contributed by atoms with Crippen LogP contribution >= 0.6 is 0 Å². The summed E-state index contributed by atoms with van der Waals surface area (Å²) >= 11 is 0. The van der Waals surface area contributed by atoms with Crippen molar-refractivity contribution in [3.8, 4) is 0 Å². The average Bonchev–Trinajstić information content (AvgIpc) is 2.56. The van der Waals surface area contributed by atoms with Gasteiger partial charge < -0.3 is 15.0 Å². The molecule has 1 saturated heterocycles. The minimum atomic E-state index is -0.166. The van der Waals surface area contributed by atoms with E-state index in [1.807, 2.05) is 37.3 Å². The van der Waals surface area contributed by atoms with Crippen molar-refractivity contribution in [2.75, 3.05) is 18.4 Å². The fourth-order valence-electron chi connectivity index (χ4n) is 2.61. The Labute approximate surface area is 141 Å². The lowest BCUT2D eigenvalue weighted by molar-refractivity contribution is -0.0420. The number of urea groups is 1. The summed E-state index contributed by atoms with van der Waals surface area (Å²) in [6, 6.07) is 15.1. The number of amides is 2.